The topological polar surface area (TPSA) is 75.3 Å². The Hall–Kier alpha value is -2.98. The summed E-state index contributed by atoms with van der Waals surface area (Å²) in [6.07, 6.45) is 1.31. The Morgan fingerprint density at radius 2 is 1.81 bits per heavy atom. The van der Waals surface area contributed by atoms with Crippen LogP contribution in [0.2, 0.25) is 0 Å². The molecule has 0 radical (unpaired) electrons. The van der Waals surface area contributed by atoms with Gasteiger partial charge in [-0.2, -0.15) is 13.2 Å². The van der Waals surface area contributed by atoms with Gasteiger partial charge in [0, 0.05) is 44.6 Å². The average Bonchev–Trinajstić information content (AvgIpc) is 2.97. The molecule has 1 aliphatic rings. The van der Waals surface area contributed by atoms with Gasteiger partial charge in [-0.1, -0.05) is 0 Å². The molecule has 0 aromatic carbocycles. The van der Waals surface area contributed by atoms with E-state index in [1.807, 2.05) is 4.90 Å². The van der Waals surface area contributed by atoms with Crippen LogP contribution in [0.1, 0.15) is 17.9 Å². The van der Waals surface area contributed by atoms with Crippen LogP contribution in [0.4, 0.5) is 24.8 Å². The molecule has 0 saturated carbocycles. The van der Waals surface area contributed by atoms with E-state index in [1.165, 1.54) is 6.92 Å². The lowest BCUT2D eigenvalue weighted by atomic mass is 10.3. The van der Waals surface area contributed by atoms with Crippen molar-refractivity contribution in [3.8, 4) is 0 Å². The van der Waals surface area contributed by atoms with Crippen molar-refractivity contribution in [2.45, 2.75) is 19.5 Å². The van der Waals surface area contributed by atoms with E-state index in [0.29, 0.717) is 43.5 Å². The van der Waals surface area contributed by atoms with E-state index >= 15 is 0 Å². The van der Waals surface area contributed by atoms with Gasteiger partial charge in [0.2, 0.25) is 5.65 Å². The fraction of sp³-hybridized carbons (Fsp3) is 0.438. The van der Waals surface area contributed by atoms with Gasteiger partial charge in [-0.3, -0.25) is 4.40 Å². The minimum atomic E-state index is -4.49. The predicted octanol–water partition coefficient (Wildman–Crippen LogP) is 1.96. The average molecular weight is 378 g/mol. The SMILES string of the molecule is Cc1nc(N2CCCN(c3nccn4cnnc34)CC2)cc(C(F)(F)F)n1. The fourth-order valence-corrected chi connectivity index (χ4v) is 3.19. The molecule has 0 aliphatic carbocycles. The second-order valence-electron chi connectivity index (χ2n) is 6.30. The van der Waals surface area contributed by atoms with Crippen molar-refractivity contribution < 1.29 is 13.2 Å². The number of hydrogen-bond acceptors (Lipinski definition) is 7. The Morgan fingerprint density at radius 3 is 2.63 bits per heavy atom. The molecule has 0 unspecified atom stereocenters. The maximum atomic E-state index is 13.1. The molecule has 0 spiro atoms. The van der Waals surface area contributed by atoms with Crippen LogP contribution < -0.4 is 9.80 Å². The van der Waals surface area contributed by atoms with Crippen molar-refractivity contribution in [3.63, 3.8) is 0 Å². The molecular weight excluding hydrogens is 361 g/mol. The van der Waals surface area contributed by atoms with Gasteiger partial charge in [-0.25, -0.2) is 15.0 Å². The summed E-state index contributed by atoms with van der Waals surface area (Å²) < 4.78 is 41.0. The van der Waals surface area contributed by atoms with Crippen molar-refractivity contribution in [1.82, 2.24) is 29.5 Å². The zero-order valence-corrected chi connectivity index (χ0v) is 14.6. The summed E-state index contributed by atoms with van der Waals surface area (Å²) in [5.74, 6) is 1.12. The first-order chi connectivity index (χ1) is 12.9. The Bertz CT molecular complexity index is 954. The summed E-state index contributed by atoms with van der Waals surface area (Å²) in [6, 6.07) is 1.01. The lowest BCUT2D eigenvalue weighted by Gasteiger charge is -2.24. The molecule has 8 nitrogen and oxygen atoms in total. The van der Waals surface area contributed by atoms with Gasteiger partial charge in [-0.05, 0) is 13.3 Å². The highest BCUT2D eigenvalue weighted by Crippen LogP contribution is 2.30. The van der Waals surface area contributed by atoms with Gasteiger partial charge in [0.25, 0.3) is 0 Å². The number of alkyl halides is 3. The summed E-state index contributed by atoms with van der Waals surface area (Å²) in [7, 11) is 0. The highest BCUT2D eigenvalue weighted by molar-refractivity contribution is 5.63. The van der Waals surface area contributed by atoms with Crippen molar-refractivity contribution in [2.24, 2.45) is 0 Å². The third-order valence-electron chi connectivity index (χ3n) is 4.43. The Balaban J connectivity index is 1.57. The van der Waals surface area contributed by atoms with Crippen LogP contribution in [0.25, 0.3) is 5.65 Å². The zero-order valence-electron chi connectivity index (χ0n) is 14.6. The highest BCUT2D eigenvalue weighted by atomic mass is 19.4. The minimum absolute atomic E-state index is 0.107. The molecule has 0 bridgehead atoms. The van der Waals surface area contributed by atoms with Crippen LogP contribution in [0, 0.1) is 6.92 Å². The molecule has 4 rings (SSSR count). The van der Waals surface area contributed by atoms with Crippen LogP contribution in [0.3, 0.4) is 0 Å². The minimum Gasteiger partial charge on any atom is -0.355 e. The number of anilines is 2. The molecule has 1 aliphatic heterocycles. The molecule has 4 heterocycles. The predicted molar refractivity (Wildman–Crippen MR) is 91.6 cm³/mol. The van der Waals surface area contributed by atoms with Crippen LogP contribution in [-0.4, -0.2) is 55.7 Å². The first-order valence-corrected chi connectivity index (χ1v) is 8.49. The van der Waals surface area contributed by atoms with Gasteiger partial charge >= 0.3 is 6.18 Å². The normalized spacial score (nSPS) is 16.0. The third kappa shape index (κ3) is 3.49. The van der Waals surface area contributed by atoms with Crippen LogP contribution in [-0.2, 0) is 6.18 Å². The number of aryl methyl sites for hydroxylation is 1. The Morgan fingerprint density at radius 1 is 1.04 bits per heavy atom. The monoisotopic (exact) mass is 378 g/mol. The lowest BCUT2D eigenvalue weighted by Crippen LogP contribution is -2.32. The molecule has 0 amide bonds. The number of fused-ring (bicyclic) bond motifs is 1. The lowest BCUT2D eigenvalue weighted by molar-refractivity contribution is -0.141. The van der Waals surface area contributed by atoms with Gasteiger partial charge in [0.15, 0.2) is 5.82 Å². The van der Waals surface area contributed by atoms with E-state index < -0.39 is 11.9 Å². The largest absolute Gasteiger partial charge is 0.433 e. The second-order valence-corrected chi connectivity index (χ2v) is 6.30. The molecule has 1 fully saturated rings. The number of rotatable bonds is 2. The van der Waals surface area contributed by atoms with E-state index in [2.05, 4.69) is 30.0 Å². The van der Waals surface area contributed by atoms with Gasteiger partial charge in [-0.15, -0.1) is 10.2 Å². The molecule has 0 atom stereocenters. The molecular formula is C16H17F3N8. The summed E-state index contributed by atoms with van der Waals surface area (Å²) in [6.45, 7) is 3.89. The summed E-state index contributed by atoms with van der Waals surface area (Å²) in [5, 5.41) is 8.00. The Kier molecular flexibility index (Phi) is 4.28. The molecule has 11 heteroatoms. The zero-order chi connectivity index (χ0) is 19.0. The number of halogens is 3. The summed E-state index contributed by atoms with van der Waals surface area (Å²) in [4.78, 5) is 16.1. The summed E-state index contributed by atoms with van der Waals surface area (Å²) in [5.41, 5.74) is -0.260. The first-order valence-electron chi connectivity index (χ1n) is 8.49. The van der Waals surface area contributed by atoms with E-state index in [4.69, 9.17) is 0 Å². The molecule has 3 aromatic rings. The van der Waals surface area contributed by atoms with E-state index in [9.17, 15) is 13.2 Å². The van der Waals surface area contributed by atoms with Crippen LogP contribution in [0.15, 0.2) is 24.8 Å². The van der Waals surface area contributed by atoms with Crippen LogP contribution in [0.5, 0.6) is 0 Å². The van der Waals surface area contributed by atoms with E-state index in [1.54, 1.807) is 23.1 Å². The number of nitrogens with zero attached hydrogens (tertiary/aromatic N) is 8. The standard InChI is InChI=1S/C16H17F3N8/c1-11-22-12(16(17,18)19)9-13(23-11)25-4-2-5-26(8-7-25)14-15-24-21-10-27(15)6-3-20-14/h3,6,9-10H,2,4-5,7-8H2,1H3. The van der Waals surface area contributed by atoms with Crippen molar-refractivity contribution in [2.75, 3.05) is 36.0 Å². The molecule has 0 N–H and O–H groups in total. The quantitative estimate of drug-likeness (QED) is 0.675. The molecule has 3 aromatic heterocycles. The highest BCUT2D eigenvalue weighted by Gasteiger charge is 2.34. The molecule has 142 valence electrons. The molecule has 1 saturated heterocycles. The fourth-order valence-electron chi connectivity index (χ4n) is 3.19. The first kappa shape index (κ1) is 17.4. The number of hydrogen-bond donors (Lipinski definition) is 0. The second kappa shape index (κ2) is 6.63. The summed E-state index contributed by atoms with van der Waals surface area (Å²) >= 11 is 0. The molecule has 27 heavy (non-hydrogen) atoms. The Labute approximate surface area is 152 Å². The van der Waals surface area contributed by atoms with E-state index in [-0.39, 0.29) is 5.82 Å². The third-order valence-corrected chi connectivity index (χ3v) is 4.43. The van der Waals surface area contributed by atoms with Crippen molar-refractivity contribution in [3.05, 3.63) is 36.3 Å². The maximum Gasteiger partial charge on any atom is 0.433 e. The van der Waals surface area contributed by atoms with Gasteiger partial charge in [0.05, 0.1) is 0 Å². The van der Waals surface area contributed by atoms with Gasteiger partial charge in [0.1, 0.15) is 23.7 Å². The smallest absolute Gasteiger partial charge is 0.355 e. The van der Waals surface area contributed by atoms with Crippen LogP contribution >= 0.6 is 0 Å². The van der Waals surface area contributed by atoms with Crippen molar-refractivity contribution in [1.29, 1.82) is 0 Å². The van der Waals surface area contributed by atoms with E-state index in [0.717, 1.165) is 12.5 Å². The van der Waals surface area contributed by atoms with Crippen molar-refractivity contribution >= 4 is 17.3 Å². The van der Waals surface area contributed by atoms with Gasteiger partial charge < -0.3 is 9.80 Å². The number of aromatic nitrogens is 6. The maximum absolute atomic E-state index is 13.1.